The summed E-state index contributed by atoms with van der Waals surface area (Å²) in [6, 6.07) is 23.8. The van der Waals surface area contributed by atoms with E-state index in [1.165, 1.54) is 31.6 Å². The maximum atomic E-state index is 5.95. The van der Waals surface area contributed by atoms with E-state index in [1.54, 1.807) is 11.8 Å². The Bertz CT molecular complexity index is 1050. The van der Waals surface area contributed by atoms with Crippen molar-refractivity contribution in [2.45, 2.75) is 23.3 Å². The molecule has 3 aromatic carbocycles. The molecule has 0 saturated heterocycles. The second-order valence-electron chi connectivity index (χ2n) is 6.34. The minimum Gasteiger partial charge on any atom is -0.341 e. The predicted molar refractivity (Wildman–Crippen MR) is 116 cm³/mol. The number of aryl methyl sites for hydroxylation is 1. The monoisotopic (exact) mass is 380 g/mol. The highest BCUT2D eigenvalue weighted by atomic mass is 32.2. The van der Waals surface area contributed by atoms with Crippen molar-refractivity contribution in [1.29, 1.82) is 0 Å². The van der Waals surface area contributed by atoms with Gasteiger partial charge in [-0.05, 0) is 55.5 Å². The van der Waals surface area contributed by atoms with Crippen LogP contribution in [0.25, 0.3) is 21.8 Å². The quantitative estimate of drug-likeness (QED) is 0.386. The van der Waals surface area contributed by atoms with Gasteiger partial charge >= 0.3 is 0 Å². The molecule has 4 rings (SSSR count). The van der Waals surface area contributed by atoms with Crippen LogP contribution >= 0.6 is 11.8 Å². The van der Waals surface area contributed by atoms with Crippen LogP contribution in [0.1, 0.15) is 6.92 Å². The van der Waals surface area contributed by atoms with E-state index in [9.17, 15) is 0 Å². The van der Waals surface area contributed by atoms with E-state index in [1.807, 2.05) is 0 Å². The Morgan fingerprint density at radius 2 is 1.54 bits per heavy atom. The zero-order chi connectivity index (χ0) is 18.1. The first-order valence-corrected chi connectivity index (χ1v) is 11.5. The van der Waals surface area contributed by atoms with Crippen LogP contribution in [0.15, 0.2) is 76.5 Å². The third-order valence-corrected chi connectivity index (χ3v) is 5.89. The van der Waals surface area contributed by atoms with Crippen molar-refractivity contribution in [2.75, 3.05) is 12.5 Å². The van der Waals surface area contributed by atoms with E-state index in [2.05, 4.69) is 90.7 Å². The summed E-state index contributed by atoms with van der Waals surface area (Å²) in [5, 5.41) is 2.56. The normalized spacial score (nSPS) is 11.5. The summed E-state index contributed by atoms with van der Waals surface area (Å²) in [4.78, 5) is 2.52. The van der Waals surface area contributed by atoms with Crippen molar-refractivity contribution < 1.29 is 4.18 Å². The summed E-state index contributed by atoms with van der Waals surface area (Å²) in [5.74, 6) is 0.946. The highest BCUT2D eigenvalue weighted by molar-refractivity contribution is 7.99. The molecule has 0 aliphatic carbocycles. The second kappa shape index (κ2) is 7.29. The van der Waals surface area contributed by atoms with Crippen molar-refractivity contribution in [3.8, 4) is 5.75 Å². The van der Waals surface area contributed by atoms with Gasteiger partial charge in [-0.3, -0.25) is 4.18 Å². The predicted octanol–water partition coefficient (Wildman–Crippen LogP) is 6.14. The average Bonchev–Trinajstić information content (AvgIpc) is 2.94. The smallest absolute Gasteiger partial charge is 0.191 e. The van der Waals surface area contributed by atoms with Gasteiger partial charge in [0.25, 0.3) is 0 Å². The Kier molecular flexibility index (Phi) is 4.88. The molecular weight excluding hydrogens is 358 g/mol. The summed E-state index contributed by atoms with van der Waals surface area (Å²) >= 11 is 1.72. The fourth-order valence-corrected chi connectivity index (χ4v) is 4.70. The number of aromatic nitrogens is 1. The standard InChI is InChI=1S/C22H22NOS2/c1-4-23-21-12-10-16(24-26(2)3)14-19(21)20-15-18(11-13-22(20)23)25-17-8-6-5-7-9-17/h5-15H,4H2,1-3H3/q+1. The largest absolute Gasteiger partial charge is 0.341 e. The first-order valence-electron chi connectivity index (χ1n) is 8.70. The lowest BCUT2D eigenvalue weighted by atomic mass is 10.1. The number of hydrogen-bond donors (Lipinski definition) is 0. The maximum Gasteiger partial charge on any atom is 0.191 e. The Morgan fingerprint density at radius 1 is 0.846 bits per heavy atom. The van der Waals surface area contributed by atoms with Gasteiger partial charge < -0.3 is 4.57 Å². The molecule has 0 radical (unpaired) electrons. The van der Waals surface area contributed by atoms with Gasteiger partial charge in [0, 0.05) is 38.1 Å². The molecule has 0 aliphatic rings. The maximum absolute atomic E-state index is 5.95. The van der Waals surface area contributed by atoms with Gasteiger partial charge in [0.15, 0.2) is 16.9 Å². The molecule has 4 aromatic rings. The minimum absolute atomic E-state index is 0.0800. The number of fused-ring (bicyclic) bond motifs is 3. The topological polar surface area (TPSA) is 14.2 Å². The van der Waals surface area contributed by atoms with E-state index in [0.29, 0.717) is 0 Å². The second-order valence-corrected chi connectivity index (χ2v) is 9.14. The van der Waals surface area contributed by atoms with E-state index >= 15 is 0 Å². The zero-order valence-electron chi connectivity index (χ0n) is 15.2. The highest BCUT2D eigenvalue weighted by Gasteiger charge is 2.14. The molecule has 26 heavy (non-hydrogen) atoms. The summed E-state index contributed by atoms with van der Waals surface area (Å²) in [7, 11) is 0. The van der Waals surface area contributed by atoms with Gasteiger partial charge in [0.2, 0.25) is 0 Å². The van der Waals surface area contributed by atoms with Crippen molar-refractivity contribution >= 4 is 44.7 Å². The summed E-state index contributed by atoms with van der Waals surface area (Å²) < 4.78 is 8.33. The molecule has 0 saturated carbocycles. The zero-order valence-corrected chi connectivity index (χ0v) is 16.9. The van der Waals surface area contributed by atoms with Crippen molar-refractivity contribution in [1.82, 2.24) is 4.57 Å². The molecular formula is C22H22NOS2+. The third-order valence-electron chi connectivity index (χ3n) is 4.37. The summed E-state index contributed by atoms with van der Waals surface area (Å²) in [6.45, 7) is 3.16. The molecule has 4 heteroatoms. The van der Waals surface area contributed by atoms with Crippen LogP contribution < -0.4 is 4.18 Å². The number of benzene rings is 3. The third kappa shape index (κ3) is 3.31. The molecule has 1 aromatic heterocycles. The Balaban J connectivity index is 1.85. The Labute approximate surface area is 161 Å². The fraction of sp³-hybridized carbons (Fsp3) is 0.182. The van der Waals surface area contributed by atoms with Crippen molar-refractivity contribution in [3.63, 3.8) is 0 Å². The van der Waals surface area contributed by atoms with Crippen LogP contribution in [-0.4, -0.2) is 17.1 Å². The minimum atomic E-state index is -0.0800. The van der Waals surface area contributed by atoms with Gasteiger partial charge in [-0.1, -0.05) is 30.0 Å². The van der Waals surface area contributed by atoms with Crippen molar-refractivity contribution in [2.24, 2.45) is 0 Å². The fourth-order valence-electron chi connectivity index (χ4n) is 3.34. The molecule has 0 N–H and O–H groups in total. The van der Waals surface area contributed by atoms with E-state index in [0.717, 1.165) is 12.3 Å². The molecule has 1 heterocycles. The van der Waals surface area contributed by atoms with E-state index in [4.69, 9.17) is 4.18 Å². The lowest BCUT2D eigenvalue weighted by molar-refractivity contribution is 0.636. The van der Waals surface area contributed by atoms with Gasteiger partial charge in [0.05, 0.1) is 0 Å². The molecule has 0 atom stereocenters. The number of nitrogens with zero attached hydrogens (tertiary/aromatic N) is 1. The molecule has 132 valence electrons. The van der Waals surface area contributed by atoms with Gasteiger partial charge in [-0.25, -0.2) is 0 Å². The molecule has 0 spiro atoms. The molecule has 0 amide bonds. The van der Waals surface area contributed by atoms with E-state index in [-0.39, 0.29) is 11.2 Å². The van der Waals surface area contributed by atoms with Gasteiger partial charge in [-0.15, -0.1) is 0 Å². The Morgan fingerprint density at radius 3 is 2.23 bits per heavy atom. The first-order chi connectivity index (χ1) is 12.7. The molecule has 0 fully saturated rings. The van der Waals surface area contributed by atoms with Gasteiger partial charge in [-0.2, -0.15) is 0 Å². The average molecular weight is 381 g/mol. The molecule has 2 nitrogen and oxygen atoms in total. The van der Waals surface area contributed by atoms with Crippen LogP contribution in [0.2, 0.25) is 0 Å². The highest BCUT2D eigenvalue weighted by Crippen LogP contribution is 2.36. The lowest BCUT2D eigenvalue weighted by Gasteiger charge is -2.04. The molecule has 0 unspecified atom stereocenters. The van der Waals surface area contributed by atoms with Crippen LogP contribution in [0.5, 0.6) is 5.75 Å². The first kappa shape index (κ1) is 17.4. The SMILES string of the molecule is CCn1c2ccc(O[S+](C)C)cc2c2cc(Sc3ccccc3)ccc21. The van der Waals surface area contributed by atoms with Crippen LogP contribution in [0.4, 0.5) is 0 Å². The van der Waals surface area contributed by atoms with Crippen molar-refractivity contribution in [3.05, 3.63) is 66.7 Å². The number of rotatable bonds is 5. The lowest BCUT2D eigenvalue weighted by Crippen LogP contribution is -2.04. The summed E-state index contributed by atoms with van der Waals surface area (Å²) in [6.07, 6.45) is 4.18. The molecule has 0 aliphatic heterocycles. The van der Waals surface area contributed by atoms with Crippen LogP contribution in [-0.2, 0) is 17.7 Å². The Hall–Kier alpha value is -2.04. The molecule has 0 bridgehead atoms. The summed E-state index contributed by atoms with van der Waals surface area (Å²) in [5.41, 5.74) is 2.55. The van der Waals surface area contributed by atoms with E-state index < -0.39 is 0 Å². The van der Waals surface area contributed by atoms with Gasteiger partial charge in [0.1, 0.15) is 12.5 Å². The number of hydrogen-bond acceptors (Lipinski definition) is 2. The van der Waals surface area contributed by atoms with Crippen LogP contribution in [0, 0.1) is 0 Å². The van der Waals surface area contributed by atoms with Crippen LogP contribution in [0.3, 0.4) is 0 Å².